The van der Waals surface area contributed by atoms with Crippen molar-refractivity contribution in [3.63, 3.8) is 0 Å². The first-order valence-corrected chi connectivity index (χ1v) is 8.69. The third-order valence-corrected chi connectivity index (χ3v) is 6.24. The molecule has 1 N–H and O–H groups in total. The van der Waals surface area contributed by atoms with E-state index in [9.17, 15) is 9.18 Å². The number of amides is 1. The molecule has 2 aliphatic rings. The number of rotatable bonds is 1. The van der Waals surface area contributed by atoms with Gasteiger partial charge in [0.1, 0.15) is 5.82 Å². The minimum absolute atomic E-state index is 0.135. The molecule has 2 bridgehead atoms. The Labute approximate surface area is 133 Å². The van der Waals surface area contributed by atoms with Crippen molar-refractivity contribution in [3.05, 3.63) is 34.5 Å². The summed E-state index contributed by atoms with van der Waals surface area (Å²) in [5.41, 5.74) is 0.918. The Balaban J connectivity index is 1.75. The van der Waals surface area contributed by atoms with Gasteiger partial charge in [-0.25, -0.2) is 4.39 Å². The number of thiophene rings is 1. The van der Waals surface area contributed by atoms with Gasteiger partial charge in [0.2, 0.25) is 0 Å². The quantitative estimate of drug-likeness (QED) is 0.875. The topological polar surface area (TPSA) is 32.3 Å². The van der Waals surface area contributed by atoms with Crippen LogP contribution in [0.15, 0.2) is 18.2 Å². The minimum atomic E-state index is -0.244. The molecule has 116 valence electrons. The molecule has 2 atom stereocenters. The zero-order chi connectivity index (χ0) is 15.3. The normalized spacial score (nSPS) is 24.7. The highest BCUT2D eigenvalue weighted by molar-refractivity contribution is 7.21. The minimum Gasteiger partial charge on any atom is -0.331 e. The van der Waals surface area contributed by atoms with Gasteiger partial charge in [0.05, 0.1) is 4.88 Å². The van der Waals surface area contributed by atoms with Crippen molar-refractivity contribution in [1.29, 1.82) is 0 Å². The molecule has 22 heavy (non-hydrogen) atoms. The van der Waals surface area contributed by atoms with Crippen LogP contribution in [0.5, 0.6) is 0 Å². The molecule has 0 saturated carbocycles. The number of hydrogen-bond donors (Lipinski definition) is 1. The summed E-state index contributed by atoms with van der Waals surface area (Å²) in [4.78, 5) is 16.0. The van der Waals surface area contributed by atoms with E-state index in [1.807, 2.05) is 6.92 Å². The number of hydrogen-bond acceptors (Lipinski definition) is 3. The molecule has 2 fully saturated rings. The number of benzene rings is 1. The van der Waals surface area contributed by atoms with Crippen LogP contribution in [-0.4, -0.2) is 36.0 Å². The molecule has 0 spiro atoms. The van der Waals surface area contributed by atoms with Crippen LogP contribution in [0.3, 0.4) is 0 Å². The van der Waals surface area contributed by atoms with Gasteiger partial charge in [-0.3, -0.25) is 4.79 Å². The molecular formula is C17H19FN2OS. The van der Waals surface area contributed by atoms with Crippen LogP contribution in [0.4, 0.5) is 4.39 Å². The van der Waals surface area contributed by atoms with E-state index in [0.29, 0.717) is 12.1 Å². The molecular weight excluding hydrogens is 299 g/mol. The fourth-order valence-electron chi connectivity index (χ4n) is 3.83. The maximum atomic E-state index is 13.5. The highest BCUT2D eigenvalue weighted by Gasteiger charge is 2.39. The Morgan fingerprint density at radius 2 is 2.14 bits per heavy atom. The third kappa shape index (κ3) is 2.15. The van der Waals surface area contributed by atoms with E-state index < -0.39 is 0 Å². The maximum absolute atomic E-state index is 13.5. The number of nitrogens with one attached hydrogen (secondary N) is 1. The number of carbonyl (C=O) groups is 1. The van der Waals surface area contributed by atoms with Crippen molar-refractivity contribution in [1.82, 2.24) is 10.2 Å². The molecule has 5 heteroatoms. The van der Waals surface area contributed by atoms with Gasteiger partial charge in [-0.05, 0) is 61.9 Å². The Morgan fingerprint density at radius 1 is 1.32 bits per heavy atom. The molecule has 3 heterocycles. The van der Waals surface area contributed by atoms with Crippen molar-refractivity contribution in [2.45, 2.75) is 38.3 Å². The van der Waals surface area contributed by atoms with Gasteiger partial charge in [-0.15, -0.1) is 11.3 Å². The molecule has 0 aliphatic carbocycles. The van der Waals surface area contributed by atoms with Gasteiger partial charge in [-0.1, -0.05) is 0 Å². The summed E-state index contributed by atoms with van der Waals surface area (Å²) in [6.07, 6.45) is 3.22. The fourth-order valence-corrected chi connectivity index (χ4v) is 4.96. The predicted octanol–water partition coefficient (Wildman–Crippen LogP) is 3.32. The second-order valence-electron chi connectivity index (χ2n) is 6.29. The van der Waals surface area contributed by atoms with Crippen LogP contribution in [0.1, 0.15) is 34.5 Å². The molecule has 1 aromatic carbocycles. The standard InChI is InChI=1S/C17H19FN2OS/c1-10-14-8-11(18)2-5-15(14)22-16(10)17(21)20-12-3-4-13(20)9-19-7-6-12/h2,5,8,12-13,19H,3-4,6-7,9H2,1H3. The molecule has 4 rings (SSSR count). The summed E-state index contributed by atoms with van der Waals surface area (Å²) >= 11 is 1.49. The molecule has 2 aliphatic heterocycles. The summed E-state index contributed by atoms with van der Waals surface area (Å²) in [5, 5.41) is 4.29. The van der Waals surface area contributed by atoms with E-state index in [2.05, 4.69) is 10.2 Å². The van der Waals surface area contributed by atoms with Crippen LogP contribution in [0, 0.1) is 12.7 Å². The smallest absolute Gasteiger partial charge is 0.264 e. The molecule has 2 saturated heterocycles. The fraction of sp³-hybridized carbons (Fsp3) is 0.471. The lowest BCUT2D eigenvalue weighted by molar-refractivity contribution is 0.0685. The summed E-state index contributed by atoms with van der Waals surface area (Å²) in [7, 11) is 0. The van der Waals surface area contributed by atoms with E-state index >= 15 is 0 Å². The molecule has 1 aromatic heterocycles. The van der Waals surface area contributed by atoms with Crippen molar-refractivity contribution in [3.8, 4) is 0 Å². The zero-order valence-corrected chi connectivity index (χ0v) is 13.4. The summed E-state index contributed by atoms with van der Waals surface area (Å²) < 4.78 is 14.5. The average Bonchev–Trinajstić information content (AvgIpc) is 2.95. The third-order valence-electron chi connectivity index (χ3n) is 4.98. The molecule has 2 unspecified atom stereocenters. The molecule has 2 aromatic rings. The van der Waals surface area contributed by atoms with E-state index in [-0.39, 0.29) is 11.7 Å². The highest BCUT2D eigenvalue weighted by atomic mass is 32.1. The van der Waals surface area contributed by atoms with Crippen molar-refractivity contribution >= 4 is 27.3 Å². The van der Waals surface area contributed by atoms with Crippen LogP contribution >= 0.6 is 11.3 Å². The van der Waals surface area contributed by atoms with Gasteiger partial charge in [0.15, 0.2) is 0 Å². The molecule has 1 amide bonds. The Bertz CT molecular complexity index is 728. The Morgan fingerprint density at radius 3 is 3.00 bits per heavy atom. The number of carbonyl (C=O) groups excluding carboxylic acids is 1. The van der Waals surface area contributed by atoms with E-state index in [4.69, 9.17) is 0 Å². The molecule has 3 nitrogen and oxygen atoms in total. The number of aryl methyl sites for hydroxylation is 1. The second-order valence-corrected chi connectivity index (χ2v) is 7.34. The van der Waals surface area contributed by atoms with Gasteiger partial charge in [0, 0.05) is 23.3 Å². The first kappa shape index (κ1) is 14.2. The van der Waals surface area contributed by atoms with Gasteiger partial charge in [0.25, 0.3) is 5.91 Å². The van der Waals surface area contributed by atoms with Gasteiger partial charge >= 0.3 is 0 Å². The van der Waals surface area contributed by atoms with E-state index in [1.54, 1.807) is 6.07 Å². The van der Waals surface area contributed by atoms with Crippen molar-refractivity contribution < 1.29 is 9.18 Å². The SMILES string of the molecule is Cc1c(C(=O)N2C3CCNCC2CC3)sc2ccc(F)cc12. The summed E-state index contributed by atoms with van der Waals surface area (Å²) in [5.74, 6) is -0.109. The second kappa shape index (κ2) is 5.32. The Hall–Kier alpha value is -1.46. The van der Waals surface area contributed by atoms with E-state index in [0.717, 1.165) is 52.9 Å². The van der Waals surface area contributed by atoms with Crippen LogP contribution in [0.2, 0.25) is 0 Å². The predicted molar refractivity (Wildman–Crippen MR) is 87.0 cm³/mol. The van der Waals surface area contributed by atoms with Gasteiger partial charge < -0.3 is 10.2 Å². The first-order chi connectivity index (χ1) is 10.6. The van der Waals surface area contributed by atoms with Crippen molar-refractivity contribution in [2.75, 3.05) is 13.1 Å². The highest BCUT2D eigenvalue weighted by Crippen LogP contribution is 2.36. The molecule has 0 radical (unpaired) electrons. The first-order valence-electron chi connectivity index (χ1n) is 7.87. The Kier molecular flexibility index (Phi) is 3.42. The van der Waals surface area contributed by atoms with Crippen LogP contribution in [0.25, 0.3) is 10.1 Å². The lowest BCUT2D eigenvalue weighted by Gasteiger charge is -2.27. The van der Waals surface area contributed by atoms with E-state index in [1.165, 1.54) is 23.5 Å². The largest absolute Gasteiger partial charge is 0.331 e. The number of fused-ring (bicyclic) bond motifs is 3. The zero-order valence-electron chi connectivity index (χ0n) is 12.6. The number of nitrogens with zero attached hydrogens (tertiary/aromatic N) is 1. The lowest BCUT2D eigenvalue weighted by atomic mass is 10.1. The van der Waals surface area contributed by atoms with Gasteiger partial charge in [-0.2, -0.15) is 0 Å². The van der Waals surface area contributed by atoms with Crippen LogP contribution < -0.4 is 5.32 Å². The lowest BCUT2D eigenvalue weighted by Crippen LogP contribution is -2.42. The summed E-state index contributed by atoms with van der Waals surface area (Å²) in [6, 6.07) is 5.44. The number of halogens is 1. The van der Waals surface area contributed by atoms with Crippen molar-refractivity contribution in [2.24, 2.45) is 0 Å². The summed E-state index contributed by atoms with van der Waals surface area (Å²) in [6.45, 7) is 3.81. The van der Waals surface area contributed by atoms with Crippen LogP contribution in [-0.2, 0) is 0 Å². The monoisotopic (exact) mass is 318 g/mol. The maximum Gasteiger partial charge on any atom is 0.264 e. The average molecular weight is 318 g/mol.